The summed E-state index contributed by atoms with van der Waals surface area (Å²) in [5.41, 5.74) is 1.05. The quantitative estimate of drug-likeness (QED) is 0.597. The Bertz CT molecular complexity index is 618. The maximum absolute atomic E-state index is 11.2. The molecule has 0 bridgehead atoms. The number of hydrogen-bond acceptors (Lipinski definition) is 2. The molecule has 0 heterocycles. The monoisotopic (exact) mass is 367 g/mol. The number of rotatable bonds is 4. The van der Waals surface area contributed by atoms with Crippen LogP contribution in [-0.2, 0) is 0 Å². The summed E-state index contributed by atoms with van der Waals surface area (Å²) in [4.78, 5) is 22.3. The number of carbonyl (C=O) groups is 2. The zero-order valence-electron chi connectivity index (χ0n) is 10.3. The minimum atomic E-state index is -0.893. The van der Waals surface area contributed by atoms with Crippen LogP contribution in [0.5, 0.6) is 0 Å². The van der Waals surface area contributed by atoms with Gasteiger partial charge in [-0.25, -0.2) is 0 Å². The Kier molecular flexibility index (Phi) is 4.31. The van der Waals surface area contributed by atoms with Gasteiger partial charge in [0.05, 0.1) is 0 Å². The van der Waals surface area contributed by atoms with Gasteiger partial charge in [-0.2, -0.15) is 0 Å². The Hall–Kier alpha value is -1.69. The van der Waals surface area contributed by atoms with Crippen molar-refractivity contribution in [3.63, 3.8) is 0 Å². The van der Waals surface area contributed by atoms with Crippen LogP contribution in [0.1, 0.15) is 27.6 Å². The fraction of sp³-hybridized carbons (Fsp3) is 0.0667. The van der Waals surface area contributed by atoms with Gasteiger partial charge in [0.25, 0.3) is 0 Å². The zero-order valence-corrected chi connectivity index (χ0v) is 12.4. The summed E-state index contributed by atoms with van der Waals surface area (Å²) in [7, 11) is 0. The fourth-order valence-corrected chi connectivity index (χ4v) is 4.06. The van der Waals surface area contributed by atoms with Crippen molar-refractivity contribution in [2.24, 2.45) is 0 Å². The molecule has 2 aromatic carbocycles. The number of ketones is 1. The Labute approximate surface area is 121 Å². The second kappa shape index (κ2) is 5.97. The summed E-state index contributed by atoms with van der Waals surface area (Å²) in [5.74, 6) is -0.855. The Morgan fingerprint density at radius 1 is 1.00 bits per heavy atom. The van der Waals surface area contributed by atoms with Gasteiger partial charge in [-0.05, 0) is 0 Å². The summed E-state index contributed by atoms with van der Waals surface area (Å²) in [6.07, 6.45) is 0. The van der Waals surface area contributed by atoms with Gasteiger partial charge >= 0.3 is 121 Å². The first kappa shape index (κ1) is 13.7. The first-order valence-electron chi connectivity index (χ1n) is 5.66. The van der Waals surface area contributed by atoms with Crippen LogP contribution in [0, 0.1) is 7.14 Å². The Morgan fingerprint density at radius 2 is 1.63 bits per heavy atom. The Morgan fingerprint density at radius 3 is 2.21 bits per heavy atom. The average molecular weight is 367 g/mol. The van der Waals surface area contributed by atoms with Crippen molar-refractivity contribution in [1.82, 2.24) is 0 Å². The van der Waals surface area contributed by atoms with Gasteiger partial charge in [0.2, 0.25) is 0 Å². The Balaban J connectivity index is 2.26. The summed E-state index contributed by atoms with van der Waals surface area (Å²) >= 11 is -0.551. The first-order chi connectivity index (χ1) is 9.08. The molecule has 0 aliphatic carbocycles. The molecule has 0 unspecified atom stereocenters. The van der Waals surface area contributed by atoms with Crippen LogP contribution in [0.3, 0.4) is 0 Å². The van der Waals surface area contributed by atoms with Gasteiger partial charge in [-0.3, -0.25) is 0 Å². The van der Waals surface area contributed by atoms with E-state index in [0.717, 1.165) is 7.14 Å². The number of Topliss-reactive ketones (excluding diaryl/α,β-unsaturated/α-hetero) is 1. The molecular weight excluding hydrogens is 355 g/mol. The van der Waals surface area contributed by atoms with Crippen molar-refractivity contribution in [2.75, 3.05) is 0 Å². The van der Waals surface area contributed by atoms with E-state index in [1.165, 1.54) is 6.92 Å². The third-order valence-corrected chi connectivity index (χ3v) is 5.43. The normalized spacial score (nSPS) is 10.4. The third kappa shape index (κ3) is 3.41. The van der Waals surface area contributed by atoms with Crippen molar-refractivity contribution in [3.05, 3.63) is 66.8 Å². The molecule has 0 saturated heterocycles. The fourth-order valence-electron chi connectivity index (χ4n) is 1.58. The van der Waals surface area contributed by atoms with Crippen molar-refractivity contribution in [1.29, 1.82) is 0 Å². The molecule has 2 aromatic rings. The first-order valence-corrected chi connectivity index (χ1v) is 7.82. The number of benzene rings is 2. The second-order valence-corrected chi connectivity index (χ2v) is 6.89. The van der Waals surface area contributed by atoms with Crippen LogP contribution in [0.4, 0.5) is 0 Å². The van der Waals surface area contributed by atoms with Gasteiger partial charge in [-0.1, -0.05) is 0 Å². The van der Waals surface area contributed by atoms with Crippen LogP contribution in [0.2, 0.25) is 0 Å². The summed E-state index contributed by atoms with van der Waals surface area (Å²) in [5, 5.41) is 9.13. The molecule has 4 heteroatoms. The number of carbonyl (C=O) groups excluding carboxylic acids is 1. The van der Waals surface area contributed by atoms with E-state index in [4.69, 9.17) is 5.11 Å². The maximum atomic E-state index is 11.2. The van der Waals surface area contributed by atoms with E-state index in [-0.39, 0.29) is 5.78 Å². The molecular formula is C15H12IO3-. The average Bonchev–Trinajstić information content (AvgIpc) is 2.39. The van der Waals surface area contributed by atoms with Crippen molar-refractivity contribution in [2.45, 2.75) is 6.92 Å². The molecule has 0 radical (unpaired) electrons. The molecule has 0 fully saturated rings. The molecule has 19 heavy (non-hydrogen) atoms. The van der Waals surface area contributed by atoms with E-state index in [1.807, 2.05) is 24.3 Å². The molecule has 0 spiro atoms. The van der Waals surface area contributed by atoms with Gasteiger partial charge in [-0.15, -0.1) is 0 Å². The van der Waals surface area contributed by atoms with Crippen molar-refractivity contribution in [3.8, 4) is 0 Å². The van der Waals surface area contributed by atoms with Gasteiger partial charge in [0.15, 0.2) is 0 Å². The van der Waals surface area contributed by atoms with Gasteiger partial charge < -0.3 is 0 Å². The van der Waals surface area contributed by atoms with E-state index >= 15 is 0 Å². The van der Waals surface area contributed by atoms with Crippen LogP contribution >= 0.6 is 0 Å². The predicted octanol–water partition coefficient (Wildman–Crippen LogP) is -0.284. The van der Waals surface area contributed by atoms with E-state index in [2.05, 4.69) is 0 Å². The summed E-state index contributed by atoms with van der Waals surface area (Å²) < 4.78 is 1.97. The standard InChI is InChI=1S/C15H12IO3/c1-10(17)11-6-8-12(9-7-11)16-14-5-3-2-4-13(14)15(18)19/h2-9H,1H3,(H,18,19)/q-1. The topological polar surface area (TPSA) is 54.4 Å². The number of aromatic carboxylic acids is 1. The number of hydrogen-bond donors (Lipinski definition) is 1. The van der Waals surface area contributed by atoms with Gasteiger partial charge in [0, 0.05) is 0 Å². The predicted molar refractivity (Wildman–Crippen MR) is 67.2 cm³/mol. The van der Waals surface area contributed by atoms with Crippen molar-refractivity contribution >= 4 is 11.8 Å². The molecule has 0 aliphatic heterocycles. The molecule has 0 aromatic heterocycles. The van der Waals surface area contributed by atoms with Crippen LogP contribution in [0.25, 0.3) is 0 Å². The van der Waals surface area contributed by atoms with Crippen molar-refractivity contribution < 1.29 is 35.9 Å². The molecule has 0 saturated carbocycles. The molecule has 0 atom stereocenters. The van der Waals surface area contributed by atoms with Crippen LogP contribution in [0.15, 0.2) is 48.5 Å². The number of carboxylic acid groups (broad SMARTS) is 1. The van der Waals surface area contributed by atoms with Gasteiger partial charge in [0.1, 0.15) is 0 Å². The van der Waals surface area contributed by atoms with E-state index in [1.54, 1.807) is 24.3 Å². The van der Waals surface area contributed by atoms with E-state index in [9.17, 15) is 9.59 Å². The molecule has 2 rings (SSSR count). The third-order valence-electron chi connectivity index (χ3n) is 2.57. The summed E-state index contributed by atoms with van der Waals surface area (Å²) in [6.45, 7) is 1.53. The molecule has 1 N–H and O–H groups in total. The SMILES string of the molecule is CC(=O)c1ccc([I-]c2ccccc2C(=O)O)cc1. The van der Waals surface area contributed by atoms with Crippen LogP contribution < -0.4 is 21.2 Å². The van der Waals surface area contributed by atoms with E-state index < -0.39 is 27.2 Å². The molecule has 98 valence electrons. The minimum absolute atomic E-state index is 0.0377. The summed E-state index contributed by atoms with van der Waals surface area (Å²) in [6, 6.07) is 14.5. The van der Waals surface area contributed by atoms with E-state index in [0.29, 0.717) is 11.1 Å². The molecule has 0 amide bonds. The van der Waals surface area contributed by atoms with Crippen LogP contribution in [-0.4, -0.2) is 16.9 Å². The molecule has 0 aliphatic rings. The zero-order chi connectivity index (χ0) is 13.8. The second-order valence-electron chi connectivity index (χ2n) is 3.94. The molecule has 3 nitrogen and oxygen atoms in total. The number of halogens is 1. The number of carboxylic acids is 1.